The van der Waals surface area contributed by atoms with Gasteiger partial charge in [-0.15, -0.1) is 0 Å². The van der Waals surface area contributed by atoms with Crippen LogP contribution in [0.25, 0.3) is 0 Å². The summed E-state index contributed by atoms with van der Waals surface area (Å²) in [6.45, 7) is 7.28. The van der Waals surface area contributed by atoms with E-state index in [9.17, 15) is 0 Å². The number of hydrogen-bond donors (Lipinski definition) is 0. The predicted molar refractivity (Wildman–Crippen MR) is 57.1 cm³/mol. The van der Waals surface area contributed by atoms with E-state index in [2.05, 4.69) is 18.7 Å². The van der Waals surface area contributed by atoms with Gasteiger partial charge in [0.25, 0.3) is 0 Å². The zero-order chi connectivity index (χ0) is 10.4. The lowest BCUT2D eigenvalue weighted by atomic mass is 10.3. The van der Waals surface area contributed by atoms with Gasteiger partial charge in [0.1, 0.15) is 0 Å². The van der Waals surface area contributed by atoms with Gasteiger partial charge in [-0.3, -0.25) is 4.90 Å². The number of methoxy groups -OCH3 is 1. The fraction of sp³-hybridized carbons (Fsp3) is 1.00. The number of likely N-dealkylation sites (tertiary alicyclic amines) is 1. The summed E-state index contributed by atoms with van der Waals surface area (Å²) in [6, 6.07) is 0. The third-order valence-corrected chi connectivity index (χ3v) is 2.75. The molecule has 1 unspecified atom stereocenters. The maximum absolute atomic E-state index is 5.86. The molecule has 1 atom stereocenters. The highest BCUT2D eigenvalue weighted by Gasteiger charge is 2.41. The van der Waals surface area contributed by atoms with Crippen molar-refractivity contribution in [3.63, 3.8) is 0 Å². The third kappa shape index (κ3) is 2.47. The van der Waals surface area contributed by atoms with Crippen LogP contribution >= 0.6 is 0 Å². The smallest absolute Gasteiger partial charge is 0.229 e. The first-order valence-corrected chi connectivity index (χ1v) is 5.73. The summed E-state index contributed by atoms with van der Waals surface area (Å²) < 4.78 is 11.4. The monoisotopic (exact) mass is 201 g/mol. The summed E-state index contributed by atoms with van der Waals surface area (Å²) in [4.78, 5) is 2.32. The molecule has 1 heterocycles. The van der Waals surface area contributed by atoms with E-state index in [0.29, 0.717) is 0 Å². The SMILES string of the molecule is CCCOC1(OC)CCCN1CCC. The van der Waals surface area contributed by atoms with Crippen LogP contribution < -0.4 is 0 Å². The van der Waals surface area contributed by atoms with E-state index < -0.39 is 5.91 Å². The Morgan fingerprint density at radius 1 is 1.29 bits per heavy atom. The average Bonchev–Trinajstić information content (AvgIpc) is 2.60. The maximum atomic E-state index is 5.86. The quantitative estimate of drug-likeness (QED) is 0.615. The van der Waals surface area contributed by atoms with Crippen molar-refractivity contribution in [3.8, 4) is 0 Å². The van der Waals surface area contributed by atoms with E-state index in [4.69, 9.17) is 9.47 Å². The zero-order valence-electron chi connectivity index (χ0n) is 9.71. The topological polar surface area (TPSA) is 21.7 Å². The molecule has 1 saturated heterocycles. The molecule has 1 rings (SSSR count). The van der Waals surface area contributed by atoms with E-state index >= 15 is 0 Å². The van der Waals surface area contributed by atoms with Gasteiger partial charge < -0.3 is 9.47 Å². The van der Waals surface area contributed by atoms with E-state index in [0.717, 1.165) is 39.0 Å². The van der Waals surface area contributed by atoms with Crippen LogP contribution in [0.1, 0.15) is 39.5 Å². The molecular weight excluding hydrogens is 178 g/mol. The van der Waals surface area contributed by atoms with Gasteiger partial charge in [-0.2, -0.15) is 0 Å². The van der Waals surface area contributed by atoms with Gasteiger partial charge in [0.05, 0.1) is 6.61 Å². The Bertz CT molecular complexity index is 163. The highest BCUT2D eigenvalue weighted by atomic mass is 16.7. The van der Waals surface area contributed by atoms with Gasteiger partial charge in [-0.1, -0.05) is 13.8 Å². The van der Waals surface area contributed by atoms with E-state index in [1.54, 1.807) is 7.11 Å². The van der Waals surface area contributed by atoms with Crippen LogP contribution in [-0.2, 0) is 9.47 Å². The highest BCUT2D eigenvalue weighted by Crippen LogP contribution is 2.31. The van der Waals surface area contributed by atoms with Crippen molar-refractivity contribution >= 4 is 0 Å². The van der Waals surface area contributed by atoms with Gasteiger partial charge in [-0.05, 0) is 19.3 Å². The first-order chi connectivity index (χ1) is 6.79. The molecular formula is C11H23NO2. The lowest BCUT2D eigenvalue weighted by molar-refractivity contribution is -0.291. The van der Waals surface area contributed by atoms with Crippen molar-refractivity contribution in [2.24, 2.45) is 0 Å². The summed E-state index contributed by atoms with van der Waals surface area (Å²) in [6.07, 6.45) is 4.38. The molecule has 0 N–H and O–H groups in total. The summed E-state index contributed by atoms with van der Waals surface area (Å²) >= 11 is 0. The van der Waals surface area contributed by atoms with Crippen LogP contribution in [0.3, 0.4) is 0 Å². The summed E-state index contributed by atoms with van der Waals surface area (Å²) in [7, 11) is 1.75. The second-order valence-corrected chi connectivity index (χ2v) is 3.86. The first-order valence-electron chi connectivity index (χ1n) is 5.73. The molecule has 0 aliphatic carbocycles. The Kier molecular flexibility index (Phi) is 4.85. The molecule has 0 bridgehead atoms. The minimum atomic E-state index is -0.411. The van der Waals surface area contributed by atoms with E-state index in [1.807, 2.05) is 0 Å². The molecule has 84 valence electrons. The molecule has 3 heteroatoms. The standard InChI is InChI=1S/C11H23NO2/c1-4-8-12-9-6-7-11(12,13-3)14-10-5-2/h4-10H2,1-3H3. The molecule has 0 saturated carbocycles. The van der Waals surface area contributed by atoms with Crippen LogP contribution in [0.15, 0.2) is 0 Å². The normalized spacial score (nSPS) is 28.5. The highest BCUT2D eigenvalue weighted by molar-refractivity contribution is 4.79. The number of rotatable bonds is 6. The second-order valence-electron chi connectivity index (χ2n) is 3.86. The first kappa shape index (κ1) is 12.0. The molecule has 1 aliphatic rings. The van der Waals surface area contributed by atoms with E-state index in [1.165, 1.54) is 6.42 Å². The zero-order valence-corrected chi connectivity index (χ0v) is 9.71. The Morgan fingerprint density at radius 2 is 2.07 bits per heavy atom. The Morgan fingerprint density at radius 3 is 2.64 bits per heavy atom. The molecule has 1 aliphatic heterocycles. The largest absolute Gasteiger partial charge is 0.341 e. The number of hydrogen-bond acceptors (Lipinski definition) is 3. The van der Waals surface area contributed by atoms with Crippen molar-refractivity contribution in [3.05, 3.63) is 0 Å². The maximum Gasteiger partial charge on any atom is 0.229 e. The van der Waals surface area contributed by atoms with Crippen LogP contribution in [0, 0.1) is 0 Å². The summed E-state index contributed by atoms with van der Waals surface area (Å²) in [5, 5.41) is 0. The van der Waals surface area contributed by atoms with Crippen molar-refractivity contribution in [2.75, 3.05) is 26.8 Å². The molecule has 3 nitrogen and oxygen atoms in total. The van der Waals surface area contributed by atoms with Gasteiger partial charge in [-0.25, -0.2) is 0 Å². The summed E-state index contributed by atoms with van der Waals surface area (Å²) in [5.74, 6) is -0.411. The van der Waals surface area contributed by atoms with Crippen molar-refractivity contribution in [1.82, 2.24) is 4.90 Å². The average molecular weight is 201 g/mol. The number of nitrogens with zero attached hydrogens (tertiary/aromatic N) is 1. The lowest BCUT2D eigenvalue weighted by Crippen LogP contribution is -2.48. The third-order valence-electron chi connectivity index (χ3n) is 2.75. The summed E-state index contributed by atoms with van der Waals surface area (Å²) in [5.41, 5.74) is 0. The lowest BCUT2D eigenvalue weighted by Gasteiger charge is -2.36. The number of ether oxygens (including phenoxy) is 2. The van der Waals surface area contributed by atoms with Gasteiger partial charge in [0, 0.05) is 26.6 Å². The fourth-order valence-electron chi connectivity index (χ4n) is 2.09. The van der Waals surface area contributed by atoms with Crippen molar-refractivity contribution < 1.29 is 9.47 Å². The molecule has 0 radical (unpaired) electrons. The minimum absolute atomic E-state index is 0.411. The molecule has 0 amide bonds. The Balaban J connectivity index is 2.55. The van der Waals surface area contributed by atoms with Crippen LogP contribution in [0.4, 0.5) is 0 Å². The predicted octanol–water partition coefficient (Wildman–Crippen LogP) is 2.22. The van der Waals surface area contributed by atoms with Crippen LogP contribution in [0.2, 0.25) is 0 Å². The van der Waals surface area contributed by atoms with Gasteiger partial charge >= 0.3 is 0 Å². The fourth-order valence-corrected chi connectivity index (χ4v) is 2.09. The van der Waals surface area contributed by atoms with Gasteiger partial charge in [0.2, 0.25) is 5.91 Å². The second kappa shape index (κ2) is 5.69. The molecule has 1 fully saturated rings. The molecule has 0 aromatic rings. The van der Waals surface area contributed by atoms with Crippen LogP contribution in [-0.4, -0.2) is 37.6 Å². The molecule has 0 aromatic carbocycles. The molecule has 14 heavy (non-hydrogen) atoms. The Hall–Kier alpha value is -0.120. The molecule has 0 spiro atoms. The Labute approximate surface area is 87.4 Å². The molecule has 0 aromatic heterocycles. The van der Waals surface area contributed by atoms with E-state index in [-0.39, 0.29) is 0 Å². The van der Waals surface area contributed by atoms with Crippen molar-refractivity contribution in [1.29, 1.82) is 0 Å². The van der Waals surface area contributed by atoms with Crippen LogP contribution in [0.5, 0.6) is 0 Å². The van der Waals surface area contributed by atoms with Crippen molar-refractivity contribution in [2.45, 2.75) is 45.4 Å². The van der Waals surface area contributed by atoms with Gasteiger partial charge in [0.15, 0.2) is 0 Å². The minimum Gasteiger partial charge on any atom is -0.341 e.